The van der Waals surface area contributed by atoms with Gasteiger partial charge in [-0.2, -0.15) is 13.2 Å². The number of allylic oxidation sites excluding steroid dienone is 1. The van der Waals surface area contributed by atoms with E-state index in [0.717, 1.165) is 18.9 Å². The van der Waals surface area contributed by atoms with Gasteiger partial charge in [0.2, 0.25) is 0 Å². The van der Waals surface area contributed by atoms with Gasteiger partial charge in [0, 0.05) is 22.1 Å². The minimum Gasteiger partial charge on any atom is -0.381 e. The van der Waals surface area contributed by atoms with Crippen LogP contribution in [0.1, 0.15) is 18.4 Å². The molecule has 1 fully saturated rings. The SMILES string of the molecule is FC(F)(F)c1cc(Br)ccc1NC1CC2CC=CC21. The van der Waals surface area contributed by atoms with E-state index >= 15 is 0 Å². The first kappa shape index (κ1) is 13.0. The molecule has 2 aliphatic carbocycles. The fourth-order valence-corrected chi connectivity index (χ4v) is 3.32. The summed E-state index contributed by atoms with van der Waals surface area (Å²) in [7, 11) is 0. The average molecular weight is 332 g/mol. The van der Waals surface area contributed by atoms with E-state index in [0.29, 0.717) is 16.3 Å². The number of hydrogen-bond acceptors (Lipinski definition) is 1. The topological polar surface area (TPSA) is 12.0 Å². The number of anilines is 1. The van der Waals surface area contributed by atoms with Crippen LogP contribution in [-0.2, 0) is 6.18 Å². The second kappa shape index (κ2) is 4.54. The van der Waals surface area contributed by atoms with Gasteiger partial charge in [-0.25, -0.2) is 0 Å². The van der Waals surface area contributed by atoms with Gasteiger partial charge in [-0.15, -0.1) is 0 Å². The number of fused-ring (bicyclic) bond motifs is 1. The van der Waals surface area contributed by atoms with Crippen LogP contribution >= 0.6 is 15.9 Å². The van der Waals surface area contributed by atoms with E-state index in [2.05, 4.69) is 33.4 Å². The number of nitrogens with one attached hydrogen (secondary N) is 1. The molecule has 1 saturated carbocycles. The van der Waals surface area contributed by atoms with Gasteiger partial charge in [-0.1, -0.05) is 28.1 Å². The molecule has 0 spiro atoms. The Kier molecular flexibility index (Phi) is 3.12. The number of hydrogen-bond donors (Lipinski definition) is 1. The summed E-state index contributed by atoms with van der Waals surface area (Å²) in [4.78, 5) is 0. The molecule has 5 heteroatoms. The van der Waals surface area contributed by atoms with E-state index in [4.69, 9.17) is 0 Å². The highest BCUT2D eigenvalue weighted by Gasteiger charge is 2.42. The quantitative estimate of drug-likeness (QED) is 0.764. The molecule has 0 bridgehead atoms. The van der Waals surface area contributed by atoms with Crippen molar-refractivity contribution in [3.05, 3.63) is 40.4 Å². The van der Waals surface area contributed by atoms with Crippen molar-refractivity contribution < 1.29 is 13.2 Å². The van der Waals surface area contributed by atoms with Gasteiger partial charge in [0.15, 0.2) is 0 Å². The van der Waals surface area contributed by atoms with Gasteiger partial charge < -0.3 is 5.32 Å². The molecule has 19 heavy (non-hydrogen) atoms. The van der Waals surface area contributed by atoms with Crippen LogP contribution in [-0.4, -0.2) is 6.04 Å². The maximum Gasteiger partial charge on any atom is 0.418 e. The lowest BCUT2D eigenvalue weighted by Crippen LogP contribution is -2.43. The summed E-state index contributed by atoms with van der Waals surface area (Å²) in [5, 5.41) is 3.06. The Labute approximate surface area is 118 Å². The Hall–Kier alpha value is -0.970. The number of halogens is 4. The minimum absolute atomic E-state index is 0.131. The molecule has 0 radical (unpaired) electrons. The van der Waals surface area contributed by atoms with E-state index in [1.807, 2.05) is 0 Å². The van der Waals surface area contributed by atoms with Crippen molar-refractivity contribution >= 4 is 21.6 Å². The number of benzene rings is 1. The number of rotatable bonds is 2. The Morgan fingerprint density at radius 1 is 1.26 bits per heavy atom. The third kappa shape index (κ3) is 2.40. The second-order valence-electron chi connectivity index (χ2n) is 5.18. The molecular formula is C14H13BrF3N. The molecule has 3 rings (SSSR count). The molecule has 1 N–H and O–H groups in total. The molecule has 2 aliphatic rings. The molecule has 1 nitrogen and oxygen atoms in total. The van der Waals surface area contributed by atoms with Gasteiger partial charge in [-0.3, -0.25) is 0 Å². The van der Waals surface area contributed by atoms with Crippen LogP contribution in [0.5, 0.6) is 0 Å². The number of alkyl halides is 3. The van der Waals surface area contributed by atoms with Crippen LogP contribution in [0.15, 0.2) is 34.8 Å². The first-order chi connectivity index (χ1) is 8.95. The highest BCUT2D eigenvalue weighted by atomic mass is 79.9. The third-order valence-corrected chi connectivity index (χ3v) is 4.48. The highest BCUT2D eigenvalue weighted by Crippen LogP contribution is 2.45. The van der Waals surface area contributed by atoms with Crippen LogP contribution in [0.3, 0.4) is 0 Å². The van der Waals surface area contributed by atoms with Crippen molar-refractivity contribution in [2.75, 3.05) is 5.32 Å². The van der Waals surface area contributed by atoms with E-state index in [-0.39, 0.29) is 11.7 Å². The second-order valence-corrected chi connectivity index (χ2v) is 6.09. The molecule has 0 aliphatic heterocycles. The molecule has 1 aromatic rings. The van der Waals surface area contributed by atoms with Crippen LogP contribution in [0, 0.1) is 11.8 Å². The normalized spacial score (nSPS) is 28.9. The first-order valence-corrected chi connectivity index (χ1v) is 7.04. The minimum atomic E-state index is -4.33. The summed E-state index contributed by atoms with van der Waals surface area (Å²) in [5.41, 5.74) is -0.424. The molecular weight excluding hydrogens is 319 g/mol. The van der Waals surface area contributed by atoms with Gasteiger partial charge in [-0.05, 0) is 37.0 Å². The zero-order valence-electron chi connectivity index (χ0n) is 10.0. The predicted octanol–water partition coefficient (Wildman–Crippen LogP) is 4.84. The van der Waals surface area contributed by atoms with Gasteiger partial charge in [0.05, 0.1) is 5.56 Å². The van der Waals surface area contributed by atoms with E-state index in [1.54, 1.807) is 6.07 Å². The van der Waals surface area contributed by atoms with Crippen molar-refractivity contribution in [1.82, 2.24) is 0 Å². The van der Waals surface area contributed by atoms with Crippen LogP contribution in [0.25, 0.3) is 0 Å². The lowest BCUT2D eigenvalue weighted by atomic mass is 9.71. The van der Waals surface area contributed by atoms with Crippen molar-refractivity contribution in [1.29, 1.82) is 0 Å². The van der Waals surface area contributed by atoms with Crippen LogP contribution in [0.2, 0.25) is 0 Å². The summed E-state index contributed by atoms with van der Waals surface area (Å²) in [6, 6.07) is 4.39. The predicted molar refractivity (Wildman–Crippen MR) is 71.9 cm³/mol. The highest BCUT2D eigenvalue weighted by molar-refractivity contribution is 9.10. The Balaban J connectivity index is 1.83. The van der Waals surface area contributed by atoms with Gasteiger partial charge >= 0.3 is 6.18 Å². The first-order valence-electron chi connectivity index (χ1n) is 6.25. The summed E-state index contributed by atoms with van der Waals surface area (Å²) in [5.74, 6) is 1.02. The maximum atomic E-state index is 13.0. The fourth-order valence-electron chi connectivity index (χ4n) is 2.96. The van der Waals surface area contributed by atoms with Crippen molar-refractivity contribution in [2.24, 2.45) is 11.8 Å². The van der Waals surface area contributed by atoms with Gasteiger partial charge in [0.25, 0.3) is 0 Å². The average Bonchev–Trinajstić information content (AvgIpc) is 2.68. The third-order valence-electron chi connectivity index (χ3n) is 3.99. The molecule has 0 heterocycles. The van der Waals surface area contributed by atoms with E-state index in [9.17, 15) is 13.2 Å². The molecule has 102 valence electrons. The Morgan fingerprint density at radius 3 is 2.74 bits per heavy atom. The Morgan fingerprint density at radius 2 is 2.05 bits per heavy atom. The molecule has 0 aromatic heterocycles. The molecule has 3 unspecified atom stereocenters. The maximum absolute atomic E-state index is 13.0. The lowest BCUT2D eigenvalue weighted by molar-refractivity contribution is -0.137. The van der Waals surface area contributed by atoms with E-state index in [1.165, 1.54) is 6.07 Å². The van der Waals surface area contributed by atoms with Gasteiger partial charge in [0.1, 0.15) is 0 Å². The van der Waals surface area contributed by atoms with Crippen LogP contribution < -0.4 is 5.32 Å². The standard InChI is InChI=1S/C14H13BrF3N/c15-9-4-5-12(11(7-9)14(16,17)18)19-13-6-8-2-1-3-10(8)13/h1,3-5,7-8,10,13,19H,2,6H2. The molecule has 0 amide bonds. The van der Waals surface area contributed by atoms with Crippen LogP contribution in [0.4, 0.5) is 18.9 Å². The van der Waals surface area contributed by atoms with Crippen molar-refractivity contribution in [3.8, 4) is 0 Å². The monoisotopic (exact) mass is 331 g/mol. The zero-order valence-corrected chi connectivity index (χ0v) is 11.6. The summed E-state index contributed by atoms with van der Waals surface area (Å²) >= 11 is 3.09. The van der Waals surface area contributed by atoms with Crippen molar-refractivity contribution in [3.63, 3.8) is 0 Å². The summed E-state index contributed by atoms with van der Waals surface area (Å²) in [6.07, 6.45) is 1.93. The Bertz CT molecular complexity index is 524. The zero-order chi connectivity index (χ0) is 13.6. The molecule has 1 aromatic carbocycles. The molecule has 0 saturated heterocycles. The summed E-state index contributed by atoms with van der Waals surface area (Å²) in [6.45, 7) is 0. The largest absolute Gasteiger partial charge is 0.418 e. The smallest absolute Gasteiger partial charge is 0.381 e. The summed E-state index contributed by atoms with van der Waals surface area (Å²) < 4.78 is 39.4. The van der Waals surface area contributed by atoms with E-state index < -0.39 is 11.7 Å². The van der Waals surface area contributed by atoms with Crippen molar-refractivity contribution in [2.45, 2.75) is 25.1 Å². The lowest BCUT2D eigenvalue weighted by Gasteiger charge is -2.41. The fraction of sp³-hybridized carbons (Fsp3) is 0.429. The molecule has 3 atom stereocenters.